The van der Waals surface area contributed by atoms with Gasteiger partial charge in [-0.1, -0.05) is 50.2 Å². The van der Waals surface area contributed by atoms with Gasteiger partial charge >= 0.3 is 12.7 Å². The van der Waals surface area contributed by atoms with Crippen LogP contribution in [0.25, 0.3) is 0 Å². The number of carbonyl (C=O) groups is 1. The first-order valence-electron chi connectivity index (χ1n) is 11.5. The Kier molecular flexibility index (Phi) is 8.35. The molecule has 0 aromatic heterocycles. The molecule has 194 valence electrons. The number of hydrogen-bond acceptors (Lipinski definition) is 4. The Morgan fingerprint density at radius 1 is 1.11 bits per heavy atom. The smallest absolute Gasteiger partial charge is 0.379 e. The Morgan fingerprint density at radius 3 is 2.26 bits per heavy atom. The zero-order valence-electron chi connectivity index (χ0n) is 20.2. The molecule has 2 aromatic carbocycles. The molecule has 1 saturated heterocycles. The van der Waals surface area contributed by atoms with Crippen LogP contribution in [0.1, 0.15) is 32.0 Å². The summed E-state index contributed by atoms with van der Waals surface area (Å²) in [6.07, 6.45) is 1.01. The van der Waals surface area contributed by atoms with Gasteiger partial charge in [-0.05, 0) is 35.2 Å². The minimum atomic E-state index is -3.67. The topological polar surface area (TPSA) is 69.7 Å². The van der Waals surface area contributed by atoms with Gasteiger partial charge in [-0.25, -0.2) is 13.2 Å². The zero-order valence-corrected chi connectivity index (χ0v) is 21.0. The highest BCUT2D eigenvalue weighted by Crippen LogP contribution is 2.39. The van der Waals surface area contributed by atoms with E-state index in [4.69, 9.17) is 0 Å². The summed E-state index contributed by atoms with van der Waals surface area (Å²) in [4.78, 5) is 15.9. The zero-order chi connectivity index (χ0) is 25.8. The maximum Gasteiger partial charge on any atom is 0.379 e. The third-order valence-corrected chi connectivity index (χ3v) is 8.27. The van der Waals surface area contributed by atoms with E-state index in [9.17, 15) is 26.4 Å². The highest BCUT2D eigenvalue weighted by Gasteiger charge is 2.39. The second-order valence-electron chi connectivity index (χ2n) is 9.50. The summed E-state index contributed by atoms with van der Waals surface area (Å²) < 4.78 is 52.2. The first-order valence-corrected chi connectivity index (χ1v) is 13.3. The fraction of sp³-hybridized carbons (Fsp3) is 0.480. The van der Waals surface area contributed by atoms with Crippen LogP contribution in [0.4, 0.5) is 23.7 Å². The van der Waals surface area contributed by atoms with Crippen molar-refractivity contribution < 1.29 is 27.8 Å². The quantitative estimate of drug-likeness (QED) is 0.643. The van der Waals surface area contributed by atoms with Gasteiger partial charge in [0.1, 0.15) is 0 Å². The number of carbonyl (C=O) groups excluding carboxylic acids is 1. The van der Waals surface area contributed by atoms with E-state index in [-0.39, 0.29) is 37.5 Å². The monoisotopic (exact) mass is 513 g/mol. The summed E-state index contributed by atoms with van der Waals surface area (Å²) in [5.41, 5.74) is 5.00. The van der Waals surface area contributed by atoms with Gasteiger partial charge in [0, 0.05) is 45.3 Å². The van der Waals surface area contributed by atoms with Gasteiger partial charge < -0.3 is 15.1 Å². The lowest BCUT2D eigenvalue weighted by Crippen LogP contribution is -2.48. The molecule has 10 heteroatoms. The first kappa shape index (κ1) is 26.8. The SMILES string of the molecule is CN(Cc1ccc(NC2Cc3ccccc3C2(C)C)cc1)C(=O)N1CCS(=O)(=O)CC1.FC(F)F.[HH]. The molecule has 2 amide bonds. The molecule has 2 aliphatic rings. The second-order valence-corrected chi connectivity index (χ2v) is 11.8. The van der Waals surface area contributed by atoms with Gasteiger partial charge in [-0.2, -0.15) is 13.2 Å². The minimum absolute atomic E-state index is 0. The molecular weight excluding hydrogens is 479 g/mol. The van der Waals surface area contributed by atoms with E-state index in [1.165, 1.54) is 11.1 Å². The van der Waals surface area contributed by atoms with E-state index >= 15 is 0 Å². The van der Waals surface area contributed by atoms with Gasteiger partial charge in [0.25, 0.3) is 0 Å². The lowest BCUT2D eigenvalue weighted by molar-refractivity contribution is 0.00818. The number of benzene rings is 2. The molecule has 1 aliphatic carbocycles. The Labute approximate surface area is 206 Å². The van der Waals surface area contributed by atoms with Crippen LogP contribution >= 0.6 is 0 Å². The molecule has 2 aromatic rings. The highest BCUT2D eigenvalue weighted by molar-refractivity contribution is 7.91. The average Bonchev–Trinajstić information content (AvgIpc) is 3.04. The summed E-state index contributed by atoms with van der Waals surface area (Å²) in [6, 6.07) is 17.1. The van der Waals surface area contributed by atoms with Gasteiger partial charge in [-0.15, -0.1) is 0 Å². The van der Waals surface area contributed by atoms with E-state index in [0.717, 1.165) is 17.7 Å². The number of amides is 2. The van der Waals surface area contributed by atoms with Crippen LogP contribution in [0.3, 0.4) is 0 Å². The van der Waals surface area contributed by atoms with E-state index in [2.05, 4.69) is 55.6 Å². The van der Waals surface area contributed by atoms with Gasteiger partial charge in [0.2, 0.25) is 0 Å². The molecule has 6 nitrogen and oxygen atoms in total. The Balaban J connectivity index is 0.000000850. The molecule has 0 bridgehead atoms. The number of fused-ring (bicyclic) bond motifs is 1. The Hall–Kier alpha value is -2.75. The van der Waals surface area contributed by atoms with E-state index in [1.54, 1.807) is 16.8 Å². The number of sulfone groups is 1. The number of nitrogens with one attached hydrogen (secondary N) is 1. The third kappa shape index (κ3) is 6.90. The maximum atomic E-state index is 12.6. The van der Waals surface area contributed by atoms with Crippen molar-refractivity contribution in [3.63, 3.8) is 0 Å². The van der Waals surface area contributed by atoms with Crippen molar-refractivity contribution in [2.24, 2.45) is 0 Å². The molecule has 0 radical (unpaired) electrons. The number of alkyl halides is 3. The van der Waals surface area contributed by atoms with Crippen molar-refractivity contribution in [3.05, 3.63) is 65.2 Å². The summed E-state index contributed by atoms with van der Waals surface area (Å²) in [6.45, 7) is 1.94. The largest absolute Gasteiger partial charge is 0.381 e. The number of halogens is 3. The number of nitrogens with zero attached hydrogens (tertiary/aromatic N) is 2. The highest BCUT2D eigenvalue weighted by atomic mass is 32.2. The lowest BCUT2D eigenvalue weighted by Gasteiger charge is -2.31. The van der Waals surface area contributed by atoms with E-state index in [0.29, 0.717) is 12.6 Å². The number of hydrogen-bond donors (Lipinski definition) is 1. The predicted octanol–water partition coefficient (Wildman–Crippen LogP) is 4.71. The summed E-state index contributed by atoms with van der Waals surface area (Å²) in [7, 11) is -1.23. The Bertz CT molecular complexity index is 1110. The second kappa shape index (κ2) is 10.9. The number of anilines is 1. The molecule has 1 unspecified atom stereocenters. The number of urea groups is 1. The minimum Gasteiger partial charge on any atom is -0.381 e. The van der Waals surface area contributed by atoms with Crippen molar-refractivity contribution in [2.75, 3.05) is 37.0 Å². The molecule has 1 aliphatic heterocycles. The summed E-state index contributed by atoms with van der Waals surface area (Å²) >= 11 is 0. The molecule has 1 fully saturated rings. The van der Waals surface area contributed by atoms with Crippen LogP contribution in [0, 0.1) is 0 Å². The van der Waals surface area contributed by atoms with Crippen LogP contribution in [0.15, 0.2) is 48.5 Å². The van der Waals surface area contributed by atoms with Gasteiger partial charge in [0.15, 0.2) is 9.84 Å². The summed E-state index contributed by atoms with van der Waals surface area (Å²) in [5.74, 6) is 0.0999. The fourth-order valence-electron chi connectivity index (χ4n) is 4.62. The molecule has 0 saturated carbocycles. The average molecular weight is 514 g/mol. The van der Waals surface area contributed by atoms with Gasteiger partial charge in [-0.3, -0.25) is 0 Å². The van der Waals surface area contributed by atoms with Crippen molar-refractivity contribution in [1.29, 1.82) is 0 Å². The van der Waals surface area contributed by atoms with E-state index < -0.39 is 16.5 Å². The normalized spacial score (nSPS) is 20.0. The van der Waals surface area contributed by atoms with Crippen molar-refractivity contribution in [3.8, 4) is 0 Å². The molecule has 1 heterocycles. The van der Waals surface area contributed by atoms with Crippen molar-refractivity contribution in [2.45, 2.75) is 44.9 Å². The van der Waals surface area contributed by atoms with Gasteiger partial charge in [0.05, 0.1) is 11.5 Å². The molecule has 35 heavy (non-hydrogen) atoms. The maximum absolute atomic E-state index is 12.6. The summed E-state index contributed by atoms with van der Waals surface area (Å²) in [5, 5.41) is 3.70. The molecule has 1 atom stereocenters. The van der Waals surface area contributed by atoms with Crippen LogP contribution in [0.5, 0.6) is 0 Å². The van der Waals surface area contributed by atoms with Crippen LogP contribution < -0.4 is 5.32 Å². The molecular formula is C25H34F3N3O3S. The van der Waals surface area contributed by atoms with Crippen LogP contribution in [-0.4, -0.2) is 68.6 Å². The van der Waals surface area contributed by atoms with Crippen LogP contribution in [-0.2, 0) is 28.2 Å². The molecule has 0 spiro atoms. The molecule has 1 N–H and O–H groups in total. The molecule has 4 rings (SSSR count). The van der Waals surface area contributed by atoms with E-state index in [1.807, 2.05) is 12.1 Å². The van der Waals surface area contributed by atoms with Crippen LogP contribution in [0.2, 0.25) is 0 Å². The Morgan fingerprint density at radius 2 is 1.69 bits per heavy atom. The first-order chi connectivity index (χ1) is 16.4. The lowest BCUT2D eigenvalue weighted by atomic mass is 9.83. The standard InChI is InChI=1S/C24H31N3O3S.CHF3.H2/c1-24(2)21-7-5-4-6-19(21)16-22(24)25-20-10-8-18(9-11-20)17-26(3)23(28)27-12-14-31(29,30)15-13-27;2-1(3)4;/h4-11,22,25H,12-17H2,1-3H3;1H;1H. The third-order valence-electron chi connectivity index (χ3n) is 6.66. The van der Waals surface area contributed by atoms with Crippen molar-refractivity contribution >= 4 is 21.6 Å². The predicted molar refractivity (Wildman–Crippen MR) is 133 cm³/mol. The number of rotatable bonds is 4. The fourth-order valence-corrected chi connectivity index (χ4v) is 5.82. The van der Waals surface area contributed by atoms with Crippen molar-refractivity contribution in [1.82, 2.24) is 9.80 Å².